The van der Waals surface area contributed by atoms with Crippen molar-refractivity contribution < 1.29 is 20.1 Å². The van der Waals surface area contributed by atoms with Crippen LogP contribution in [0, 0.1) is 0 Å². The minimum Gasteiger partial charge on any atom is -0.476 e. The van der Waals surface area contributed by atoms with E-state index in [-0.39, 0.29) is 12.3 Å². The summed E-state index contributed by atoms with van der Waals surface area (Å²) in [6.07, 6.45) is 2.09. The van der Waals surface area contributed by atoms with Crippen LogP contribution in [0.2, 0.25) is 0 Å². The summed E-state index contributed by atoms with van der Waals surface area (Å²) in [7, 11) is 0. The number of rotatable bonds is 5. The average molecular weight is 282 g/mol. The Kier molecular flexibility index (Phi) is 4.83. The van der Waals surface area contributed by atoms with Gasteiger partial charge in [-0.25, -0.2) is 14.8 Å². The molecule has 1 aliphatic heterocycles. The summed E-state index contributed by atoms with van der Waals surface area (Å²) >= 11 is 0. The Morgan fingerprint density at radius 3 is 2.50 bits per heavy atom. The molecule has 3 N–H and O–H groups in total. The lowest BCUT2D eigenvalue weighted by Gasteiger charge is -2.36. The molecule has 0 radical (unpaired) electrons. The lowest BCUT2D eigenvalue weighted by molar-refractivity contribution is 0.0574. The summed E-state index contributed by atoms with van der Waals surface area (Å²) < 4.78 is 0. The summed E-state index contributed by atoms with van der Waals surface area (Å²) in [5.41, 5.74) is -0.0451. The molecule has 8 heteroatoms. The number of aliphatic hydroxyl groups is 2. The average Bonchev–Trinajstić information content (AvgIpc) is 2.48. The number of piperazine rings is 1. The molecule has 1 aromatic rings. The molecule has 0 aliphatic carbocycles. The van der Waals surface area contributed by atoms with Crippen molar-refractivity contribution in [3.05, 3.63) is 18.1 Å². The van der Waals surface area contributed by atoms with Crippen LogP contribution in [0.1, 0.15) is 10.5 Å². The molecule has 1 atom stereocenters. The Morgan fingerprint density at radius 1 is 1.25 bits per heavy atom. The fourth-order valence-corrected chi connectivity index (χ4v) is 2.21. The highest BCUT2D eigenvalue weighted by atomic mass is 16.4. The first-order valence-electron chi connectivity index (χ1n) is 6.42. The van der Waals surface area contributed by atoms with E-state index in [1.807, 2.05) is 9.80 Å². The highest BCUT2D eigenvalue weighted by Crippen LogP contribution is 2.17. The van der Waals surface area contributed by atoms with Gasteiger partial charge in [-0.15, -0.1) is 0 Å². The van der Waals surface area contributed by atoms with Crippen LogP contribution in [0.15, 0.2) is 12.4 Å². The third-order valence-electron chi connectivity index (χ3n) is 3.23. The number of aliphatic hydroxyl groups excluding tert-OH is 2. The van der Waals surface area contributed by atoms with Gasteiger partial charge in [-0.2, -0.15) is 0 Å². The zero-order valence-electron chi connectivity index (χ0n) is 11.0. The molecular formula is C12H18N4O4. The van der Waals surface area contributed by atoms with E-state index in [9.17, 15) is 9.90 Å². The van der Waals surface area contributed by atoms with Crippen LogP contribution in [0.25, 0.3) is 0 Å². The number of carboxylic acids is 1. The van der Waals surface area contributed by atoms with Crippen molar-refractivity contribution in [1.82, 2.24) is 14.9 Å². The van der Waals surface area contributed by atoms with E-state index >= 15 is 0 Å². The van der Waals surface area contributed by atoms with Crippen molar-refractivity contribution in [2.24, 2.45) is 0 Å². The van der Waals surface area contributed by atoms with E-state index in [4.69, 9.17) is 10.2 Å². The molecule has 0 saturated carbocycles. The molecule has 8 nitrogen and oxygen atoms in total. The van der Waals surface area contributed by atoms with Crippen LogP contribution in [-0.2, 0) is 0 Å². The van der Waals surface area contributed by atoms with E-state index < -0.39 is 12.1 Å². The number of aromatic carboxylic acids is 1. The van der Waals surface area contributed by atoms with Crippen molar-refractivity contribution in [2.45, 2.75) is 6.10 Å². The van der Waals surface area contributed by atoms with Gasteiger partial charge in [-0.05, 0) is 0 Å². The molecule has 1 aliphatic rings. The molecule has 1 fully saturated rings. The van der Waals surface area contributed by atoms with E-state index in [0.29, 0.717) is 38.5 Å². The van der Waals surface area contributed by atoms with Crippen LogP contribution >= 0.6 is 0 Å². The normalized spacial score (nSPS) is 18.0. The van der Waals surface area contributed by atoms with Gasteiger partial charge < -0.3 is 20.2 Å². The van der Waals surface area contributed by atoms with Gasteiger partial charge in [0.25, 0.3) is 0 Å². The number of carboxylic acid groups (broad SMARTS) is 1. The third kappa shape index (κ3) is 3.41. The van der Waals surface area contributed by atoms with E-state index in [1.54, 1.807) is 0 Å². The number of anilines is 1. The number of β-amino-alcohol motifs (C(OH)–C–C–N with tert-alkyl or cyclic N) is 1. The van der Waals surface area contributed by atoms with Gasteiger partial charge in [-0.1, -0.05) is 0 Å². The van der Waals surface area contributed by atoms with Crippen LogP contribution in [0.5, 0.6) is 0 Å². The molecule has 0 amide bonds. The van der Waals surface area contributed by atoms with Crippen LogP contribution < -0.4 is 4.90 Å². The van der Waals surface area contributed by atoms with Crippen LogP contribution in [-0.4, -0.2) is 81.6 Å². The number of hydrogen-bond donors (Lipinski definition) is 3. The maximum Gasteiger partial charge on any atom is 0.358 e. The molecule has 1 saturated heterocycles. The SMILES string of the molecule is O=C(O)c1nccnc1N1CCN(CC(O)CO)CC1. The summed E-state index contributed by atoms with van der Waals surface area (Å²) in [5.74, 6) is -0.714. The van der Waals surface area contributed by atoms with E-state index in [2.05, 4.69) is 9.97 Å². The predicted octanol–water partition coefficient (Wildman–Crippen LogP) is -1.35. The largest absolute Gasteiger partial charge is 0.476 e. The van der Waals surface area contributed by atoms with E-state index in [1.165, 1.54) is 12.4 Å². The predicted molar refractivity (Wildman–Crippen MR) is 70.7 cm³/mol. The van der Waals surface area contributed by atoms with Gasteiger partial charge in [0.1, 0.15) is 0 Å². The first-order chi connectivity index (χ1) is 9.61. The molecule has 2 heterocycles. The Hall–Kier alpha value is -1.77. The maximum absolute atomic E-state index is 11.1. The maximum atomic E-state index is 11.1. The molecule has 110 valence electrons. The van der Waals surface area contributed by atoms with Crippen molar-refractivity contribution >= 4 is 11.8 Å². The topological polar surface area (TPSA) is 110 Å². The minimum atomic E-state index is -1.09. The zero-order valence-corrected chi connectivity index (χ0v) is 11.0. The summed E-state index contributed by atoms with van der Waals surface area (Å²) in [5, 5.41) is 27.3. The van der Waals surface area contributed by atoms with Crippen molar-refractivity contribution in [2.75, 3.05) is 44.2 Å². The summed E-state index contributed by atoms with van der Waals surface area (Å²) in [6, 6.07) is 0. The third-order valence-corrected chi connectivity index (χ3v) is 3.23. The quantitative estimate of drug-likeness (QED) is 0.608. The van der Waals surface area contributed by atoms with Gasteiger partial charge in [0.15, 0.2) is 11.5 Å². The smallest absolute Gasteiger partial charge is 0.358 e. The Labute approximate surface area is 116 Å². The monoisotopic (exact) mass is 282 g/mol. The summed E-state index contributed by atoms with van der Waals surface area (Å²) in [4.78, 5) is 23.0. The second kappa shape index (κ2) is 6.60. The number of hydrogen-bond acceptors (Lipinski definition) is 7. The first-order valence-corrected chi connectivity index (χ1v) is 6.42. The van der Waals surface area contributed by atoms with Crippen LogP contribution in [0.3, 0.4) is 0 Å². The second-order valence-corrected chi connectivity index (χ2v) is 4.66. The Balaban J connectivity index is 1.99. The fourth-order valence-electron chi connectivity index (χ4n) is 2.21. The lowest BCUT2D eigenvalue weighted by atomic mass is 10.2. The van der Waals surface area contributed by atoms with Crippen molar-refractivity contribution in [3.63, 3.8) is 0 Å². The molecule has 0 spiro atoms. The second-order valence-electron chi connectivity index (χ2n) is 4.66. The van der Waals surface area contributed by atoms with Gasteiger partial charge in [0, 0.05) is 45.1 Å². The van der Waals surface area contributed by atoms with Gasteiger partial charge in [-0.3, -0.25) is 4.90 Å². The minimum absolute atomic E-state index is 0.0451. The molecule has 1 aromatic heterocycles. The van der Waals surface area contributed by atoms with Gasteiger partial charge in [0.05, 0.1) is 12.7 Å². The van der Waals surface area contributed by atoms with Gasteiger partial charge >= 0.3 is 5.97 Å². The fraction of sp³-hybridized carbons (Fsp3) is 0.583. The zero-order chi connectivity index (χ0) is 14.5. The summed E-state index contributed by atoms with van der Waals surface area (Å²) in [6.45, 7) is 2.72. The van der Waals surface area contributed by atoms with Gasteiger partial charge in [0.2, 0.25) is 0 Å². The molecule has 2 rings (SSSR count). The number of aromatic nitrogens is 2. The first kappa shape index (κ1) is 14.6. The molecule has 1 unspecified atom stereocenters. The molecule has 0 aromatic carbocycles. The Morgan fingerprint density at radius 2 is 1.90 bits per heavy atom. The Bertz CT molecular complexity index is 463. The molecule has 0 bridgehead atoms. The van der Waals surface area contributed by atoms with Crippen molar-refractivity contribution in [1.29, 1.82) is 0 Å². The standard InChI is InChI=1S/C12H18N4O4/c17-8-9(18)7-15-3-5-16(6-4-15)11-10(12(19)20)13-1-2-14-11/h1-2,9,17-18H,3-8H2,(H,19,20). The molecular weight excluding hydrogens is 264 g/mol. The molecule has 20 heavy (non-hydrogen) atoms. The number of nitrogens with zero attached hydrogens (tertiary/aromatic N) is 4. The van der Waals surface area contributed by atoms with Crippen molar-refractivity contribution in [3.8, 4) is 0 Å². The highest BCUT2D eigenvalue weighted by molar-refractivity contribution is 5.90. The lowest BCUT2D eigenvalue weighted by Crippen LogP contribution is -2.49. The number of carbonyl (C=O) groups is 1. The van der Waals surface area contributed by atoms with Crippen LogP contribution in [0.4, 0.5) is 5.82 Å². The van der Waals surface area contributed by atoms with E-state index in [0.717, 1.165) is 0 Å². The highest BCUT2D eigenvalue weighted by Gasteiger charge is 2.24.